The van der Waals surface area contributed by atoms with E-state index >= 15 is 0 Å². The molecule has 1 aliphatic carbocycles. The number of thiocarbonyl (C=S) groups is 1. The molecule has 114 valence electrons. The fourth-order valence-corrected chi connectivity index (χ4v) is 2.78. The van der Waals surface area contributed by atoms with Crippen molar-refractivity contribution in [1.82, 2.24) is 10.0 Å². The van der Waals surface area contributed by atoms with Gasteiger partial charge in [-0.25, -0.2) is 17.5 Å². The first-order chi connectivity index (χ1) is 9.79. The van der Waals surface area contributed by atoms with Crippen molar-refractivity contribution in [3.8, 4) is 0 Å². The van der Waals surface area contributed by atoms with Crippen molar-refractivity contribution in [3.05, 3.63) is 29.6 Å². The number of carbonyl (C=O) groups is 1. The molecule has 0 saturated heterocycles. The summed E-state index contributed by atoms with van der Waals surface area (Å²) in [6.07, 6.45) is 1.82. The van der Waals surface area contributed by atoms with Gasteiger partial charge >= 0.3 is 0 Å². The van der Waals surface area contributed by atoms with E-state index in [1.165, 1.54) is 0 Å². The molecule has 1 aliphatic rings. The minimum Gasteiger partial charge on any atom is -0.389 e. The Morgan fingerprint density at radius 2 is 2.10 bits per heavy atom. The largest absolute Gasteiger partial charge is 0.389 e. The summed E-state index contributed by atoms with van der Waals surface area (Å²) in [5.41, 5.74) is 5.17. The standard InChI is InChI=1S/C12H14FN3O3S2/c13-10-4-3-8(5-9(10)12(14)20)21(18,19)15-6-11(17)16-7-1-2-7/h3-5,7,15H,1-2,6H2,(H2,14,20)(H,16,17). The lowest BCUT2D eigenvalue weighted by Crippen LogP contribution is -2.37. The van der Waals surface area contributed by atoms with Crippen LogP contribution in [0, 0.1) is 5.82 Å². The average molecular weight is 331 g/mol. The Morgan fingerprint density at radius 1 is 1.43 bits per heavy atom. The molecule has 0 atom stereocenters. The highest BCUT2D eigenvalue weighted by Crippen LogP contribution is 2.18. The molecule has 1 amide bonds. The Bertz CT molecular complexity index is 687. The van der Waals surface area contributed by atoms with Gasteiger partial charge in [0.2, 0.25) is 15.9 Å². The number of benzene rings is 1. The van der Waals surface area contributed by atoms with E-state index in [9.17, 15) is 17.6 Å². The van der Waals surface area contributed by atoms with Crippen molar-refractivity contribution in [3.63, 3.8) is 0 Å². The molecule has 9 heteroatoms. The maximum atomic E-state index is 13.4. The molecular weight excluding hydrogens is 317 g/mol. The molecule has 1 saturated carbocycles. The van der Waals surface area contributed by atoms with Gasteiger partial charge in [-0.15, -0.1) is 0 Å². The summed E-state index contributed by atoms with van der Waals surface area (Å²) in [5.74, 6) is -1.11. The third kappa shape index (κ3) is 4.19. The highest BCUT2D eigenvalue weighted by molar-refractivity contribution is 7.89. The molecule has 6 nitrogen and oxygen atoms in total. The zero-order chi connectivity index (χ0) is 15.6. The number of hydrogen-bond acceptors (Lipinski definition) is 4. The second-order valence-electron chi connectivity index (χ2n) is 4.67. The molecule has 0 spiro atoms. The van der Waals surface area contributed by atoms with Crippen LogP contribution >= 0.6 is 12.2 Å². The highest BCUT2D eigenvalue weighted by atomic mass is 32.2. The summed E-state index contributed by atoms with van der Waals surface area (Å²) in [6, 6.07) is 3.23. The van der Waals surface area contributed by atoms with E-state index in [2.05, 4.69) is 22.3 Å². The maximum absolute atomic E-state index is 13.4. The predicted octanol–water partition coefficient (Wildman–Crippen LogP) is 0.0168. The van der Waals surface area contributed by atoms with Gasteiger partial charge in [0.25, 0.3) is 0 Å². The second-order valence-corrected chi connectivity index (χ2v) is 6.88. The number of sulfonamides is 1. The average Bonchev–Trinajstić information content (AvgIpc) is 3.20. The lowest BCUT2D eigenvalue weighted by molar-refractivity contribution is -0.120. The van der Waals surface area contributed by atoms with Gasteiger partial charge in [-0.05, 0) is 31.0 Å². The molecule has 1 fully saturated rings. The summed E-state index contributed by atoms with van der Waals surface area (Å²) in [6.45, 7) is -0.376. The number of rotatable bonds is 6. The molecule has 1 aromatic rings. The van der Waals surface area contributed by atoms with E-state index in [4.69, 9.17) is 5.73 Å². The van der Waals surface area contributed by atoms with E-state index in [1.54, 1.807) is 0 Å². The summed E-state index contributed by atoms with van der Waals surface area (Å²) < 4.78 is 39.6. The zero-order valence-corrected chi connectivity index (χ0v) is 12.6. The van der Waals surface area contributed by atoms with Crippen molar-refractivity contribution >= 4 is 33.1 Å². The Kier molecular flexibility index (Phi) is 4.55. The zero-order valence-electron chi connectivity index (χ0n) is 10.9. The molecule has 0 radical (unpaired) electrons. The third-order valence-electron chi connectivity index (χ3n) is 2.88. The van der Waals surface area contributed by atoms with Crippen molar-refractivity contribution in [2.45, 2.75) is 23.8 Å². The molecule has 0 aliphatic heterocycles. The number of hydrogen-bond donors (Lipinski definition) is 3. The minimum atomic E-state index is -3.94. The quantitative estimate of drug-likeness (QED) is 0.638. The SMILES string of the molecule is NC(=S)c1cc(S(=O)(=O)NCC(=O)NC2CC2)ccc1F. The fraction of sp³-hybridized carbons (Fsp3) is 0.333. The summed E-state index contributed by atoms with van der Waals surface area (Å²) in [4.78, 5) is 11.0. The minimum absolute atomic E-state index is 0.147. The van der Waals surface area contributed by atoms with Crippen molar-refractivity contribution < 1.29 is 17.6 Å². The van der Waals surface area contributed by atoms with Gasteiger partial charge in [0, 0.05) is 11.6 Å². The highest BCUT2D eigenvalue weighted by Gasteiger charge is 2.24. The Hall–Kier alpha value is -1.58. The van der Waals surface area contributed by atoms with Crippen LogP contribution in [0.4, 0.5) is 4.39 Å². The van der Waals surface area contributed by atoms with Gasteiger partial charge in [0.05, 0.1) is 11.4 Å². The normalized spacial score (nSPS) is 14.7. The van der Waals surface area contributed by atoms with Crippen LogP contribution in [0.2, 0.25) is 0 Å². The van der Waals surface area contributed by atoms with Crippen LogP contribution in [0.25, 0.3) is 0 Å². The second kappa shape index (κ2) is 6.04. The molecule has 0 unspecified atom stereocenters. The summed E-state index contributed by atoms with van der Waals surface area (Å²) in [5, 5.41) is 2.65. The van der Waals surface area contributed by atoms with Crippen LogP contribution < -0.4 is 15.8 Å². The summed E-state index contributed by atoms with van der Waals surface area (Å²) in [7, 11) is -3.94. The van der Waals surface area contributed by atoms with Crippen molar-refractivity contribution in [2.24, 2.45) is 5.73 Å². The molecule has 0 heterocycles. The first kappa shape index (κ1) is 15.8. The van der Waals surface area contributed by atoms with Gasteiger partial charge in [0.15, 0.2) is 0 Å². The van der Waals surface area contributed by atoms with Crippen LogP contribution in [0.15, 0.2) is 23.1 Å². The topological polar surface area (TPSA) is 101 Å². The van der Waals surface area contributed by atoms with Crippen LogP contribution in [-0.2, 0) is 14.8 Å². The van der Waals surface area contributed by atoms with Gasteiger partial charge in [-0.2, -0.15) is 0 Å². The number of amides is 1. The number of nitrogens with one attached hydrogen (secondary N) is 2. The van der Waals surface area contributed by atoms with Crippen molar-refractivity contribution in [2.75, 3.05) is 6.54 Å². The van der Waals surface area contributed by atoms with Crippen LogP contribution in [0.1, 0.15) is 18.4 Å². The molecule has 2 rings (SSSR count). The number of halogens is 1. The van der Waals surface area contributed by atoms with Gasteiger partial charge in [0.1, 0.15) is 10.8 Å². The molecule has 0 bridgehead atoms. The van der Waals surface area contributed by atoms with Gasteiger partial charge in [-0.1, -0.05) is 12.2 Å². The fourth-order valence-electron chi connectivity index (χ4n) is 1.61. The maximum Gasteiger partial charge on any atom is 0.241 e. The molecule has 4 N–H and O–H groups in total. The Morgan fingerprint density at radius 3 is 2.67 bits per heavy atom. The van der Waals surface area contributed by atoms with Crippen LogP contribution in [-0.4, -0.2) is 31.9 Å². The number of nitrogens with two attached hydrogens (primary N) is 1. The Balaban J connectivity index is 2.09. The van der Waals surface area contributed by atoms with Gasteiger partial charge < -0.3 is 11.1 Å². The molecule has 0 aromatic heterocycles. The first-order valence-electron chi connectivity index (χ1n) is 6.18. The first-order valence-corrected chi connectivity index (χ1v) is 8.07. The lowest BCUT2D eigenvalue weighted by atomic mass is 10.2. The molecule has 1 aromatic carbocycles. The van der Waals surface area contributed by atoms with Crippen LogP contribution in [0.5, 0.6) is 0 Å². The van der Waals surface area contributed by atoms with E-state index < -0.39 is 21.7 Å². The smallest absolute Gasteiger partial charge is 0.241 e. The summed E-state index contributed by atoms with van der Waals surface area (Å²) >= 11 is 4.65. The van der Waals surface area contributed by atoms with E-state index in [-0.39, 0.29) is 28.0 Å². The van der Waals surface area contributed by atoms with Crippen molar-refractivity contribution in [1.29, 1.82) is 0 Å². The monoisotopic (exact) mass is 331 g/mol. The van der Waals surface area contributed by atoms with E-state index in [0.29, 0.717) is 0 Å². The van der Waals surface area contributed by atoms with Crippen LogP contribution in [0.3, 0.4) is 0 Å². The predicted molar refractivity (Wildman–Crippen MR) is 78.6 cm³/mol. The third-order valence-corrected chi connectivity index (χ3v) is 4.50. The number of carbonyl (C=O) groups excluding carboxylic acids is 1. The lowest BCUT2D eigenvalue weighted by Gasteiger charge is -2.09. The Labute approximate surface area is 127 Å². The molecular formula is C12H14FN3O3S2. The van der Waals surface area contributed by atoms with E-state index in [0.717, 1.165) is 31.0 Å². The van der Waals surface area contributed by atoms with E-state index in [1.807, 2.05) is 0 Å². The van der Waals surface area contributed by atoms with Gasteiger partial charge in [-0.3, -0.25) is 4.79 Å². The molecule has 21 heavy (non-hydrogen) atoms.